The van der Waals surface area contributed by atoms with Crippen LogP contribution in [-0.2, 0) is 14.8 Å². The van der Waals surface area contributed by atoms with Crippen molar-refractivity contribution in [1.82, 2.24) is 0 Å². The number of hydrogen-bond acceptors (Lipinski definition) is 4. The average molecular weight is 297 g/mol. The number of rotatable bonds is 6. The maximum Gasteiger partial charge on any atom is 0.232 e. The zero-order chi connectivity index (χ0) is 15.0. The third-order valence-corrected chi connectivity index (χ3v) is 3.92. The van der Waals surface area contributed by atoms with Gasteiger partial charge in [0.15, 0.2) is 0 Å². The zero-order valence-corrected chi connectivity index (χ0v) is 12.5. The molecule has 0 aliphatic rings. The minimum Gasteiger partial charge on any atom is -0.385 e. The second kappa shape index (κ2) is 7.90. The number of anilines is 1. The summed E-state index contributed by atoms with van der Waals surface area (Å²) in [5.41, 5.74) is 2.06. The van der Waals surface area contributed by atoms with E-state index in [1.54, 1.807) is 25.1 Å². The molecule has 0 unspecified atom stereocenters. The summed E-state index contributed by atoms with van der Waals surface area (Å²) in [7, 11) is -1.83. The first-order valence-corrected chi connectivity index (χ1v) is 7.83. The van der Waals surface area contributed by atoms with E-state index < -0.39 is 10.0 Å². The largest absolute Gasteiger partial charge is 0.385 e. The lowest BCUT2D eigenvalue weighted by molar-refractivity contribution is 0.199. The summed E-state index contributed by atoms with van der Waals surface area (Å²) in [6.45, 7) is 2.01. The molecule has 2 N–H and O–H groups in total. The van der Waals surface area contributed by atoms with Crippen molar-refractivity contribution in [3.63, 3.8) is 0 Å². The number of benzene rings is 1. The summed E-state index contributed by atoms with van der Waals surface area (Å²) in [6, 6.07) is 5.16. The van der Waals surface area contributed by atoms with Crippen molar-refractivity contribution in [3.05, 3.63) is 29.3 Å². The highest BCUT2D eigenvalue weighted by Crippen LogP contribution is 2.17. The number of aryl methyl sites for hydroxylation is 1. The maximum absolute atomic E-state index is 11.9. The van der Waals surface area contributed by atoms with E-state index in [9.17, 15) is 8.42 Å². The van der Waals surface area contributed by atoms with E-state index in [0.29, 0.717) is 18.7 Å². The van der Waals surface area contributed by atoms with Crippen molar-refractivity contribution >= 4 is 15.7 Å². The van der Waals surface area contributed by atoms with E-state index in [-0.39, 0.29) is 12.4 Å². The first-order chi connectivity index (χ1) is 9.48. The summed E-state index contributed by atoms with van der Waals surface area (Å²) < 4.78 is 31.1. The Morgan fingerprint density at radius 1 is 1.40 bits per heavy atom. The van der Waals surface area contributed by atoms with E-state index in [1.807, 2.05) is 0 Å². The molecule has 1 rings (SSSR count). The summed E-state index contributed by atoms with van der Waals surface area (Å²) in [5, 5.41) is 8.63. The van der Waals surface area contributed by atoms with Gasteiger partial charge in [-0.1, -0.05) is 11.8 Å². The van der Waals surface area contributed by atoms with Crippen LogP contribution in [0.4, 0.5) is 5.69 Å². The second-order valence-electron chi connectivity index (χ2n) is 4.26. The Bertz CT molecular complexity index is 599. The number of hydrogen-bond donors (Lipinski definition) is 2. The first kappa shape index (κ1) is 16.5. The topological polar surface area (TPSA) is 75.6 Å². The highest BCUT2D eigenvalue weighted by Gasteiger charge is 2.11. The molecule has 1 aromatic rings. The predicted octanol–water partition coefficient (Wildman–Crippen LogP) is 1.12. The standard InChI is InChI=1S/C14H19NO4S/c1-12-11-13(5-3-8-16)6-7-14(12)15-20(17,18)10-4-9-19-2/h6-7,11,15-16H,4,8-10H2,1-2H3. The molecule has 0 saturated heterocycles. The Morgan fingerprint density at radius 3 is 2.75 bits per heavy atom. The fourth-order valence-corrected chi connectivity index (χ4v) is 2.77. The van der Waals surface area contributed by atoms with Gasteiger partial charge in [-0.2, -0.15) is 0 Å². The molecule has 0 aromatic heterocycles. The molecule has 0 atom stereocenters. The summed E-state index contributed by atoms with van der Waals surface area (Å²) >= 11 is 0. The molecule has 0 radical (unpaired) electrons. The van der Waals surface area contributed by atoms with Gasteiger partial charge in [-0.15, -0.1) is 0 Å². The Morgan fingerprint density at radius 2 is 2.15 bits per heavy atom. The number of aliphatic hydroxyl groups is 1. The molecule has 20 heavy (non-hydrogen) atoms. The minimum atomic E-state index is -3.37. The van der Waals surface area contributed by atoms with Gasteiger partial charge >= 0.3 is 0 Å². The van der Waals surface area contributed by atoms with Crippen molar-refractivity contribution in [2.24, 2.45) is 0 Å². The minimum absolute atomic E-state index is 0.0202. The zero-order valence-electron chi connectivity index (χ0n) is 11.6. The predicted molar refractivity (Wildman–Crippen MR) is 79.0 cm³/mol. The molecule has 0 amide bonds. The van der Waals surface area contributed by atoms with Crippen molar-refractivity contribution in [1.29, 1.82) is 0 Å². The van der Waals surface area contributed by atoms with Crippen molar-refractivity contribution in [2.75, 3.05) is 30.8 Å². The molecular formula is C14H19NO4S. The van der Waals surface area contributed by atoms with Gasteiger partial charge in [0, 0.05) is 19.3 Å². The van der Waals surface area contributed by atoms with Crippen molar-refractivity contribution in [2.45, 2.75) is 13.3 Å². The molecule has 1 aromatic carbocycles. The van der Waals surface area contributed by atoms with Gasteiger partial charge in [0.2, 0.25) is 10.0 Å². The van der Waals surface area contributed by atoms with Crippen LogP contribution < -0.4 is 4.72 Å². The van der Waals surface area contributed by atoms with Crippen LogP contribution in [0.5, 0.6) is 0 Å². The molecule has 5 nitrogen and oxygen atoms in total. The van der Waals surface area contributed by atoms with E-state index in [0.717, 1.165) is 11.1 Å². The van der Waals surface area contributed by atoms with Crippen LogP contribution in [0.3, 0.4) is 0 Å². The molecule has 0 fully saturated rings. The average Bonchev–Trinajstić information content (AvgIpc) is 2.39. The molecule has 0 saturated carbocycles. The molecule has 0 aliphatic carbocycles. The van der Waals surface area contributed by atoms with Crippen LogP contribution in [0.2, 0.25) is 0 Å². The van der Waals surface area contributed by atoms with Crippen molar-refractivity contribution < 1.29 is 18.3 Å². The number of nitrogens with one attached hydrogen (secondary N) is 1. The van der Waals surface area contributed by atoms with Crippen LogP contribution in [0.1, 0.15) is 17.5 Å². The third-order valence-electron chi connectivity index (χ3n) is 2.57. The van der Waals surface area contributed by atoms with Crippen LogP contribution in [0.15, 0.2) is 18.2 Å². The third kappa shape index (κ3) is 5.61. The molecule has 0 bridgehead atoms. The second-order valence-corrected chi connectivity index (χ2v) is 6.10. The van der Waals surface area contributed by atoms with Gasteiger partial charge in [0.25, 0.3) is 0 Å². The Balaban J connectivity index is 2.78. The van der Waals surface area contributed by atoms with Gasteiger partial charge in [-0.3, -0.25) is 4.72 Å². The maximum atomic E-state index is 11.9. The number of methoxy groups -OCH3 is 1. The van der Waals surface area contributed by atoms with E-state index in [2.05, 4.69) is 16.6 Å². The monoisotopic (exact) mass is 297 g/mol. The molecular weight excluding hydrogens is 278 g/mol. The van der Waals surface area contributed by atoms with Gasteiger partial charge in [-0.05, 0) is 37.1 Å². The molecule has 0 spiro atoms. The molecule has 0 aliphatic heterocycles. The van der Waals surface area contributed by atoms with Crippen LogP contribution in [0.25, 0.3) is 0 Å². The van der Waals surface area contributed by atoms with Gasteiger partial charge < -0.3 is 9.84 Å². The lowest BCUT2D eigenvalue weighted by Crippen LogP contribution is -2.18. The summed E-state index contributed by atoms with van der Waals surface area (Å²) in [4.78, 5) is 0. The molecule has 6 heteroatoms. The Labute approximate surface area is 120 Å². The van der Waals surface area contributed by atoms with Crippen LogP contribution >= 0.6 is 0 Å². The highest BCUT2D eigenvalue weighted by molar-refractivity contribution is 7.92. The van der Waals surface area contributed by atoms with Crippen LogP contribution in [-0.4, -0.2) is 39.6 Å². The van der Waals surface area contributed by atoms with Crippen molar-refractivity contribution in [3.8, 4) is 11.8 Å². The highest BCUT2D eigenvalue weighted by atomic mass is 32.2. The van der Waals surface area contributed by atoms with E-state index in [4.69, 9.17) is 9.84 Å². The van der Waals surface area contributed by atoms with Gasteiger partial charge in [0.1, 0.15) is 6.61 Å². The van der Waals surface area contributed by atoms with Gasteiger partial charge in [-0.25, -0.2) is 8.42 Å². The Kier molecular flexibility index (Phi) is 6.52. The Hall–Kier alpha value is -1.55. The quantitative estimate of drug-likeness (QED) is 0.609. The summed E-state index contributed by atoms with van der Waals surface area (Å²) in [5.74, 6) is 5.34. The lowest BCUT2D eigenvalue weighted by atomic mass is 10.1. The summed E-state index contributed by atoms with van der Waals surface area (Å²) in [6.07, 6.45) is 0.449. The smallest absolute Gasteiger partial charge is 0.232 e. The normalized spacial score (nSPS) is 10.8. The SMILES string of the molecule is COCCCS(=O)(=O)Nc1ccc(C#CCO)cc1C. The molecule has 0 heterocycles. The lowest BCUT2D eigenvalue weighted by Gasteiger charge is -2.10. The first-order valence-electron chi connectivity index (χ1n) is 6.18. The fourth-order valence-electron chi connectivity index (χ4n) is 1.61. The van der Waals surface area contributed by atoms with E-state index in [1.165, 1.54) is 7.11 Å². The van der Waals surface area contributed by atoms with Gasteiger partial charge in [0.05, 0.1) is 11.4 Å². The number of ether oxygens (including phenoxy) is 1. The molecule has 110 valence electrons. The van der Waals surface area contributed by atoms with E-state index >= 15 is 0 Å². The van der Waals surface area contributed by atoms with Crippen LogP contribution in [0, 0.1) is 18.8 Å². The number of aliphatic hydroxyl groups excluding tert-OH is 1. The number of sulfonamides is 1. The fraction of sp³-hybridized carbons (Fsp3) is 0.429.